The van der Waals surface area contributed by atoms with Gasteiger partial charge in [0, 0.05) is 17.8 Å². The highest BCUT2D eigenvalue weighted by Gasteiger charge is 2.11. The van der Waals surface area contributed by atoms with Gasteiger partial charge in [0.1, 0.15) is 0 Å². The van der Waals surface area contributed by atoms with E-state index in [4.69, 9.17) is 5.73 Å². The maximum Gasteiger partial charge on any atom is 0.252 e. The smallest absolute Gasteiger partial charge is 0.252 e. The number of pyridine rings is 1. The number of nitrogens with two attached hydrogens (primary N) is 1. The Morgan fingerprint density at radius 3 is 2.38 bits per heavy atom. The van der Waals surface area contributed by atoms with Crippen molar-refractivity contribution in [3.63, 3.8) is 0 Å². The lowest BCUT2D eigenvalue weighted by Crippen LogP contribution is -2.20. The summed E-state index contributed by atoms with van der Waals surface area (Å²) >= 11 is 0. The zero-order valence-electron chi connectivity index (χ0n) is 10.6. The molecular formula is C13H22N2O. The van der Waals surface area contributed by atoms with E-state index in [0.717, 1.165) is 12.1 Å². The number of aromatic nitrogens is 1. The minimum absolute atomic E-state index is 0.0393. The van der Waals surface area contributed by atoms with Crippen LogP contribution in [0.2, 0.25) is 0 Å². The fourth-order valence-corrected chi connectivity index (χ4v) is 1.87. The molecule has 0 saturated heterocycles. The van der Waals surface area contributed by atoms with Crippen molar-refractivity contribution in [1.29, 1.82) is 0 Å². The van der Waals surface area contributed by atoms with Crippen LogP contribution in [0.1, 0.15) is 50.4 Å². The van der Waals surface area contributed by atoms with Crippen LogP contribution in [-0.2, 0) is 13.0 Å². The van der Waals surface area contributed by atoms with Crippen LogP contribution in [0.25, 0.3) is 0 Å². The number of rotatable bonds is 4. The first-order valence-corrected chi connectivity index (χ1v) is 5.90. The predicted molar refractivity (Wildman–Crippen MR) is 67.6 cm³/mol. The fraction of sp³-hybridized carbons (Fsp3) is 0.615. The highest BCUT2D eigenvalue weighted by atomic mass is 16.1. The Morgan fingerprint density at radius 1 is 1.31 bits per heavy atom. The number of H-pyrrole nitrogens is 1. The van der Waals surface area contributed by atoms with E-state index in [1.165, 1.54) is 5.56 Å². The van der Waals surface area contributed by atoms with Crippen LogP contribution in [0.3, 0.4) is 0 Å². The normalized spacial score (nSPS) is 11.4. The van der Waals surface area contributed by atoms with E-state index in [9.17, 15) is 4.79 Å². The summed E-state index contributed by atoms with van der Waals surface area (Å²) < 4.78 is 0. The van der Waals surface area contributed by atoms with Crippen molar-refractivity contribution in [1.82, 2.24) is 4.98 Å². The average Bonchev–Trinajstić information content (AvgIpc) is 2.16. The molecule has 1 aromatic rings. The standard InChI is InChI=1S/C13H22N2O/c1-8(2)5-12-11(9(3)4)6-10(7-14)13(16)15-12/h6,8-9H,5,7,14H2,1-4H3,(H,15,16). The molecule has 0 aliphatic rings. The molecule has 0 fully saturated rings. The van der Waals surface area contributed by atoms with E-state index in [2.05, 4.69) is 32.7 Å². The molecule has 90 valence electrons. The molecule has 0 unspecified atom stereocenters. The molecule has 3 N–H and O–H groups in total. The lowest BCUT2D eigenvalue weighted by molar-refractivity contribution is 0.622. The van der Waals surface area contributed by atoms with Gasteiger partial charge in [-0.1, -0.05) is 27.7 Å². The monoisotopic (exact) mass is 222 g/mol. The number of aromatic amines is 1. The van der Waals surface area contributed by atoms with Crippen LogP contribution in [-0.4, -0.2) is 4.98 Å². The van der Waals surface area contributed by atoms with Gasteiger partial charge in [-0.05, 0) is 29.9 Å². The third-order valence-corrected chi connectivity index (χ3v) is 2.69. The van der Waals surface area contributed by atoms with Crippen LogP contribution in [0, 0.1) is 5.92 Å². The summed E-state index contributed by atoms with van der Waals surface area (Å²) in [7, 11) is 0. The first-order chi connectivity index (χ1) is 7.45. The van der Waals surface area contributed by atoms with E-state index < -0.39 is 0 Å². The van der Waals surface area contributed by atoms with Crippen LogP contribution >= 0.6 is 0 Å². The van der Waals surface area contributed by atoms with Crippen LogP contribution in [0.5, 0.6) is 0 Å². The summed E-state index contributed by atoms with van der Waals surface area (Å²) in [5, 5.41) is 0. The molecule has 1 rings (SSSR count). The summed E-state index contributed by atoms with van der Waals surface area (Å²) in [6, 6.07) is 1.96. The molecule has 0 atom stereocenters. The number of nitrogens with one attached hydrogen (secondary N) is 1. The fourth-order valence-electron chi connectivity index (χ4n) is 1.87. The Balaban J connectivity index is 3.25. The maximum atomic E-state index is 11.7. The summed E-state index contributed by atoms with van der Waals surface area (Å²) in [6.45, 7) is 8.88. The topological polar surface area (TPSA) is 58.9 Å². The van der Waals surface area contributed by atoms with Gasteiger partial charge in [-0.25, -0.2) is 0 Å². The predicted octanol–water partition coefficient (Wildman–Crippen LogP) is 2.16. The second-order valence-electron chi connectivity index (χ2n) is 5.01. The van der Waals surface area contributed by atoms with Crippen molar-refractivity contribution < 1.29 is 0 Å². The van der Waals surface area contributed by atoms with E-state index in [-0.39, 0.29) is 5.56 Å². The van der Waals surface area contributed by atoms with Crippen LogP contribution < -0.4 is 11.3 Å². The van der Waals surface area contributed by atoms with E-state index in [0.29, 0.717) is 23.9 Å². The van der Waals surface area contributed by atoms with Gasteiger partial charge in [0.25, 0.3) is 5.56 Å². The largest absolute Gasteiger partial charge is 0.326 e. The number of hydrogen-bond donors (Lipinski definition) is 2. The molecule has 0 bridgehead atoms. The molecule has 3 nitrogen and oxygen atoms in total. The van der Waals surface area contributed by atoms with E-state index >= 15 is 0 Å². The van der Waals surface area contributed by atoms with Crippen LogP contribution in [0.4, 0.5) is 0 Å². The third-order valence-electron chi connectivity index (χ3n) is 2.69. The molecule has 3 heteroatoms. The third kappa shape index (κ3) is 2.95. The second-order valence-corrected chi connectivity index (χ2v) is 5.01. The molecule has 0 aliphatic heterocycles. The van der Waals surface area contributed by atoms with Crippen molar-refractivity contribution in [2.75, 3.05) is 0 Å². The Labute approximate surface area is 97.1 Å². The van der Waals surface area contributed by atoms with Gasteiger partial charge < -0.3 is 10.7 Å². The Morgan fingerprint density at radius 2 is 1.94 bits per heavy atom. The van der Waals surface area contributed by atoms with Crippen molar-refractivity contribution in [3.8, 4) is 0 Å². The van der Waals surface area contributed by atoms with Crippen molar-refractivity contribution in [3.05, 3.63) is 33.2 Å². The van der Waals surface area contributed by atoms with Gasteiger partial charge >= 0.3 is 0 Å². The van der Waals surface area contributed by atoms with Gasteiger partial charge in [-0.2, -0.15) is 0 Å². The maximum absolute atomic E-state index is 11.7. The molecule has 1 heterocycles. The highest BCUT2D eigenvalue weighted by molar-refractivity contribution is 5.28. The summed E-state index contributed by atoms with van der Waals surface area (Å²) in [4.78, 5) is 14.7. The van der Waals surface area contributed by atoms with Gasteiger partial charge in [0.15, 0.2) is 0 Å². The highest BCUT2D eigenvalue weighted by Crippen LogP contribution is 2.20. The van der Waals surface area contributed by atoms with Gasteiger partial charge in [0.2, 0.25) is 0 Å². The van der Waals surface area contributed by atoms with Crippen molar-refractivity contribution in [2.24, 2.45) is 11.7 Å². The van der Waals surface area contributed by atoms with Crippen LogP contribution in [0.15, 0.2) is 10.9 Å². The molecule has 0 spiro atoms. The molecule has 0 amide bonds. The van der Waals surface area contributed by atoms with E-state index in [1.807, 2.05) is 6.07 Å². The lowest BCUT2D eigenvalue weighted by Gasteiger charge is -2.15. The minimum Gasteiger partial charge on any atom is -0.326 e. The van der Waals surface area contributed by atoms with Gasteiger partial charge in [-0.3, -0.25) is 4.79 Å². The Kier molecular flexibility index (Phi) is 4.30. The zero-order valence-corrected chi connectivity index (χ0v) is 10.6. The molecule has 0 radical (unpaired) electrons. The van der Waals surface area contributed by atoms with Crippen molar-refractivity contribution >= 4 is 0 Å². The van der Waals surface area contributed by atoms with E-state index in [1.54, 1.807) is 0 Å². The SMILES string of the molecule is CC(C)Cc1[nH]c(=O)c(CN)cc1C(C)C. The quantitative estimate of drug-likeness (QED) is 0.820. The molecule has 0 aliphatic carbocycles. The molecule has 16 heavy (non-hydrogen) atoms. The Bertz CT molecular complexity index is 405. The Hall–Kier alpha value is -1.09. The number of hydrogen-bond acceptors (Lipinski definition) is 2. The molecule has 0 aromatic carbocycles. The first kappa shape index (κ1) is 13.0. The van der Waals surface area contributed by atoms with Gasteiger partial charge in [-0.15, -0.1) is 0 Å². The van der Waals surface area contributed by atoms with Gasteiger partial charge in [0.05, 0.1) is 0 Å². The summed E-state index contributed by atoms with van der Waals surface area (Å²) in [5.74, 6) is 0.952. The summed E-state index contributed by atoms with van der Waals surface area (Å²) in [6.07, 6.45) is 0.910. The first-order valence-electron chi connectivity index (χ1n) is 5.90. The minimum atomic E-state index is -0.0393. The van der Waals surface area contributed by atoms with Crippen molar-refractivity contribution in [2.45, 2.75) is 46.6 Å². The summed E-state index contributed by atoms with van der Waals surface area (Å²) in [5.41, 5.74) is 8.47. The average molecular weight is 222 g/mol. The lowest BCUT2D eigenvalue weighted by atomic mass is 9.95. The zero-order chi connectivity index (χ0) is 12.3. The second kappa shape index (κ2) is 5.30. The molecule has 0 saturated carbocycles. The molecular weight excluding hydrogens is 200 g/mol. The molecule has 1 aromatic heterocycles.